The Labute approximate surface area is 149 Å². The molecule has 0 unspecified atom stereocenters. The minimum atomic E-state index is -0.721. The second kappa shape index (κ2) is 6.87. The number of nitrogens with two attached hydrogens (primary N) is 1. The molecule has 14 nitrogen and oxygen atoms in total. The van der Waals surface area contributed by atoms with Crippen LogP contribution in [0.5, 0.6) is 5.75 Å². The van der Waals surface area contributed by atoms with Gasteiger partial charge >= 0.3 is 0 Å². The molecule has 2 heterocycles. The molecule has 0 aliphatic heterocycles. The summed E-state index contributed by atoms with van der Waals surface area (Å²) in [6.07, 6.45) is 1.05. The summed E-state index contributed by atoms with van der Waals surface area (Å²) in [7, 11) is 0. The van der Waals surface area contributed by atoms with Crippen LogP contribution in [0, 0.1) is 17.0 Å². The Morgan fingerprint density at radius 1 is 1.48 bits per heavy atom. The van der Waals surface area contributed by atoms with Gasteiger partial charge in [-0.3, -0.25) is 14.9 Å². The molecule has 0 bridgehead atoms. The second-order valence-corrected chi connectivity index (χ2v) is 5.11. The number of rotatable bonds is 5. The highest BCUT2D eigenvalue weighted by atomic mass is 16.6. The highest BCUT2D eigenvalue weighted by molar-refractivity contribution is 5.95. The first-order valence-corrected chi connectivity index (χ1v) is 7.20. The van der Waals surface area contributed by atoms with Gasteiger partial charge in [0.1, 0.15) is 5.75 Å². The largest absolute Gasteiger partial charge is 0.507 e. The van der Waals surface area contributed by atoms with Crippen LogP contribution in [0.3, 0.4) is 0 Å². The van der Waals surface area contributed by atoms with Crippen LogP contribution >= 0.6 is 0 Å². The van der Waals surface area contributed by atoms with Gasteiger partial charge in [0.15, 0.2) is 5.69 Å². The van der Waals surface area contributed by atoms with Gasteiger partial charge in [0.2, 0.25) is 11.6 Å². The van der Waals surface area contributed by atoms with Crippen molar-refractivity contribution < 1.29 is 19.5 Å². The minimum absolute atomic E-state index is 0.0268. The van der Waals surface area contributed by atoms with Crippen molar-refractivity contribution in [1.82, 2.24) is 30.7 Å². The number of phenols is 1. The van der Waals surface area contributed by atoms with E-state index in [9.17, 15) is 20.0 Å². The molecule has 0 atom stereocenters. The molecule has 27 heavy (non-hydrogen) atoms. The van der Waals surface area contributed by atoms with Crippen molar-refractivity contribution in [2.45, 2.75) is 6.92 Å². The second-order valence-electron chi connectivity index (χ2n) is 5.11. The number of aromatic hydroxyl groups is 1. The van der Waals surface area contributed by atoms with Crippen molar-refractivity contribution >= 4 is 23.6 Å². The van der Waals surface area contributed by atoms with Crippen molar-refractivity contribution in [2.24, 2.45) is 5.10 Å². The smallest absolute Gasteiger partial charge is 0.292 e. The molecule has 0 aliphatic rings. The van der Waals surface area contributed by atoms with Crippen LogP contribution in [-0.2, 0) is 0 Å². The summed E-state index contributed by atoms with van der Waals surface area (Å²) in [5, 5.41) is 38.6. The van der Waals surface area contributed by atoms with E-state index >= 15 is 0 Å². The van der Waals surface area contributed by atoms with Gasteiger partial charge in [0.25, 0.3) is 11.6 Å². The van der Waals surface area contributed by atoms with Crippen molar-refractivity contribution in [3.63, 3.8) is 0 Å². The van der Waals surface area contributed by atoms with E-state index in [0.29, 0.717) is 0 Å². The van der Waals surface area contributed by atoms with E-state index in [1.165, 1.54) is 6.92 Å². The number of nitrogen functional groups attached to an aromatic ring is 1. The maximum absolute atomic E-state index is 12.4. The number of nitro benzene ring substituents is 1. The number of anilines is 1. The Hall–Kier alpha value is -4.36. The van der Waals surface area contributed by atoms with Gasteiger partial charge in [-0.15, -0.1) is 5.10 Å². The first-order chi connectivity index (χ1) is 12.9. The van der Waals surface area contributed by atoms with Crippen molar-refractivity contribution in [1.29, 1.82) is 0 Å². The van der Waals surface area contributed by atoms with Crippen molar-refractivity contribution in [3.05, 3.63) is 45.3 Å². The zero-order valence-corrected chi connectivity index (χ0v) is 13.6. The maximum Gasteiger partial charge on any atom is 0.292 e. The maximum atomic E-state index is 12.4. The summed E-state index contributed by atoms with van der Waals surface area (Å²) in [4.78, 5) is 22.5. The molecular formula is C13H11N9O5. The zero-order chi connectivity index (χ0) is 19.6. The first-order valence-electron chi connectivity index (χ1n) is 7.20. The molecule has 1 aromatic carbocycles. The van der Waals surface area contributed by atoms with E-state index in [1.807, 2.05) is 0 Å². The number of hydrazone groups is 1. The first kappa shape index (κ1) is 17.5. The third-order valence-corrected chi connectivity index (χ3v) is 3.34. The van der Waals surface area contributed by atoms with Gasteiger partial charge in [-0.05, 0) is 23.3 Å². The summed E-state index contributed by atoms with van der Waals surface area (Å²) in [5.74, 6) is -1.09. The van der Waals surface area contributed by atoms with Crippen LogP contribution in [0.25, 0.3) is 5.82 Å². The summed E-state index contributed by atoms with van der Waals surface area (Å²) >= 11 is 0. The lowest BCUT2D eigenvalue weighted by Gasteiger charge is -2.03. The lowest BCUT2D eigenvalue weighted by atomic mass is 10.2. The highest BCUT2D eigenvalue weighted by Crippen LogP contribution is 2.21. The summed E-state index contributed by atoms with van der Waals surface area (Å²) < 4.78 is 5.49. The Balaban J connectivity index is 1.83. The monoisotopic (exact) mass is 373 g/mol. The topological polar surface area (TPSA) is 200 Å². The molecule has 0 aliphatic carbocycles. The van der Waals surface area contributed by atoms with Gasteiger partial charge in [-0.1, -0.05) is 5.21 Å². The quantitative estimate of drug-likeness (QED) is 0.308. The molecule has 0 saturated carbocycles. The average molecular weight is 373 g/mol. The Morgan fingerprint density at radius 3 is 2.93 bits per heavy atom. The number of non-ortho nitro benzene ring substituents is 1. The highest BCUT2D eigenvalue weighted by Gasteiger charge is 2.22. The van der Waals surface area contributed by atoms with Gasteiger partial charge in [-0.2, -0.15) is 9.78 Å². The molecule has 4 N–H and O–H groups in total. The van der Waals surface area contributed by atoms with Crippen molar-refractivity contribution in [2.75, 3.05) is 5.73 Å². The molecule has 3 aromatic rings. The van der Waals surface area contributed by atoms with Crippen molar-refractivity contribution in [3.8, 4) is 11.6 Å². The number of hydrogen-bond donors (Lipinski definition) is 3. The van der Waals surface area contributed by atoms with E-state index in [1.54, 1.807) is 0 Å². The van der Waals surface area contributed by atoms with Crippen LogP contribution in [0.15, 0.2) is 27.9 Å². The number of phenolic OH excluding ortho intramolecular Hbond substituents is 1. The van der Waals surface area contributed by atoms with Gasteiger partial charge in [0.05, 0.1) is 16.8 Å². The Kier molecular flexibility index (Phi) is 4.44. The van der Waals surface area contributed by atoms with E-state index in [0.717, 1.165) is 29.1 Å². The number of benzene rings is 1. The molecule has 0 fully saturated rings. The number of hydrogen-bond acceptors (Lipinski definition) is 11. The number of amides is 1. The fourth-order valence-corrected chi connectivity index (χ4v) is 2.08. The summed E-state index contributed by atoms with van der Waals surface area (Å²) in [6.45, 7) is 1.53. The van der Waals surface area contributed by atoms with E-state index in [-0.39, 0.29) is 40.0 Å². The van der Waals surface area contributed by atoms with Crippen LogP contribution in [-0.4, -0.2) is 47.5 Å². The van der Waals surface area contributed by atoms with E-state index in [2.05, 4.69) is 35.8 Å². The molecule has 14 heteroatoms. The minimum Gasteiger partial charge on any atom is -0.507 e. The normalized spacial score (nSPS) is 11.0. The SMILES string of the molecule is Cc1nnn(-c2nonc2N)c1C(=O)N/N=C/c1cc([N+](=O)[O-])ccc1O. The van der Waals surface area contributed by atoms with Crippen LogP contribution < -0.4 is 11.2 Å². The average Bonchev–Trinajstić information content (AvgIpc) is 3.21. The fraction of sp³-hybridized carbons (Fsp3) is 0.0769. The van der Waals surface area contributed by atoms with Crippen LogP contribution in [0.2, 0.25) is 0 Å². The van der Waals surface area contributed by atoms with E-state index in [4.69, 9.17) is 5.73 Å². The van der Waals surface area contributed by atoms with Crippen LogP contribution in [0.1, 0.15) is 21.7 Å². The molecule has 1 amide bonds. The third kappa shape index (κ3) is 3.39. The van der Waals surface area contributed by atoms with Gasteiger partial charge in [0, 0.05) is 17.7 Å². The molecule has 2 aromatic heterocycles. The molecule has 0 saturated heterocycles. The third-order valence-electron chi connectivity index (χ3n) is 3.34. The molecular weight excluding hydrogens is 362 g/mol. The van der Waals surface area contributed by atoms with Gasteiger partial charge < -0.3 is 10.8 Å². The predicted molar refractivity (Wildman–Crippen MR) is 88.2 cm³/mol. The van der Waals surface area contributed by atoms with E-state index < -0.39 is 10.8 Å². The molecule has 138 valence electrons. The lowest BCUT2D eigenvalue weighted by Crippen LogP contribution is -2.22. The summed E-state index contributed by atoms with van der Waals surface area (Å²) in [5.41, 5.74) is 7.80. The zero-order valence-electron chi connectivity index (χ0n) is 13.6. The standard InChI is InChI=1S/C13H11N9O5/c1-6-10(21(20-16-6)12-11(14)18-27-19-12)13(24)17-15-5-7-4-8(22(25)26)2-3-9(7)23/h2-5,23H,1H3,(H2,14,18)(H,17,24)/b15-5+. The fourth-order valence-electron chi connectivity index (χ4n) is 2.08. The van der Waals surface area contributed by atoms with Crippen LogP contribution in [0.4, 0.5) is 11.5 Å². The molecule has 0 radical (unpaired) electrons. The predicted octanol–water partition coefficient (Wildman–Crippen LogP) is -0.0814. The number of nitrogens with one attached hydrogen (secondary N) is 1. The molecule has 3 rings (SSSR count). The number of nitro groups is 1. The Bertz CT molecular complexity index is 1050. The number of nitrogens with zero attached hydrogens (tertiary/aromatic N) is 7. The number of aromatic nitrogens is 5. The van der Waals surface area contributed by atoms with Gasteiger partial charge in [-0.25, -0.2) is 10.1 Å². The summed E-state index contributed by atoms with van der Waals surface area (Å²) in [6, 6.07) is 3.38. The number of carbonyl (C=O) groups is 1. The lowest BCUT2D eigenvalue weighted by molar-refractivity contribution is -0.384. The Morgan fingerprint density at radius 2 is 2.26 bits per heavy atom. The number of aryl methyl sites for hydroxylation is 1. The number of carbonyl (C=O) groups excluding carboxylic acids is 1. The molecule has 0 spiro atoms.